The number of esters is 2. The number of rotatable bonds is 60. The average molecular weight is 1060 g/mol. The second-order valence-electron chi connectivity index (χ2n) is 23.1. The van der Waals surface area contributed by atoms with Gasteiger partial charge in [0.15, 0.2) is 6.10 Å². The van der Waals surface area contributed by atoms with E-state index < -0.39 is 24.3 Å². The summed E-state index contributed by atoms with van der Waals surface area (Å²) in [6.07, 6.45) is 68.0. The summed E-state index contributed by atoms with van der Waals surface area (Å²) in [5.74, 6) is -1.99. The average Bonchev–Trinajstić information content (AvgIpc) is 3.38. The molecule has 0 fully saturated rings. The molecule has 0 spiro atoms. The smallest absolute Gasteiger partial charge is 0.361 e. The van der Waals surface area contributed by atoms with E-state index in [2.05, 4.69) is 50.3 Å². The number of hydrogen-bond donors (Lipinski definition) is 1. The summed E-state index contributed by atoms with van der Waals surface area (Å²) in [6, 6.07) is 0. The number of quaternary nitrogens is 1. The van der Waals surface area contributed by atoms with Crippen LogP contribution in [0.15, 0.2) is 36.5 Å². The molecule has 0 saturated heterocycles. The molecule has 0 aliphatic heterocycles. The highest BCUT2D eigenvalue weighted by Crippen LogP contribution is 2.18. The number of aliphatic carboxylic acids is 1. The predicted molar refractivity (Wildman–Crippen MR) is 318 cm³/mol. The molecule has 0 rings (SSSR count). The first kappa shape index (κ1) is 72.5. The molecule has 440 valence electrons. The summed E-state index contributed by atoms with van der Waals surface area (Å²) in [7, 11) is 5.98. The zero-order valence-electron chi connectivity index (χ0n) is 50.2. The van der Waals surface area contributed by atoms with E-state index in [1.54, 1.807) is 0 Å². The predicted octanol–water partition coefficient (Wildman–Crippen LogP) is 19.2. The molecule has 0 bridgehead atoms. The van der Waals surface area contributed by atoms with Crippen LogP contribution < -0.4 is 0 Å². The van der Waals surface area contributed by atoms with Gasteiger partial charge in [0.2, 0.25) is 0 Å². The number of hydrogen-bond acceptors (Lipinski definition) is 7. The molecule has 0 heterocycles. The maximum absolute atomic E-state index is 12.9. The Balaban J connectivity index is 4.16. The summed E-state index contributed by atoms with van der Waals surface area (Å²) in [5, 5.41) is 9.72. The quantitative estimate of drug-likeness (QED) is 0.0211. The zero-order chi connectivity index (χ0) is 54.8. The molecular weight excluding hydrogens is 935 g/mol. The van der Waals surface area contributed by atoms with Crippen molar-refractivity contribution in [3.8, 4) is 0 Å². The van der Waals surface area contributed by atoms with Crippen molar-refractivity contribution in [1.82, 2.24) is 0 Å². The first-order valence-electron chi connectivity index (χ1n) is 32.2. The molecule has 2 unspecified atom stereocenters. The Kier molecular flexibility index (Phi) is 55.8. The van der Waals surface area contributed by atoms with Crippen LogP contribution in [0.2, 0.25) is 0 Å². The van der Waals surface area contributed by atoms with Crippen molar-refractivity contribution in [2.24, 2.45) is 0 Å². The van der Waals surface area contributed by atoms with Crippen molar-refractivity contribution in [1.29, 1.82) is 0 Å². The van der Waals surface area contributed by atoms with Gasteiger partial charge in [0.05, 0.1) is 34.4 Å². The zero-order valence-corrected chi connectivity index (χ0v) is 50.2. The number of nitrogens with zero attached hydrogens (tertiary/aromatic N) is 1. The third-order valence-electron chi connectivity index (χ3n) is 14.4. The summed E-state index contributed by atoms with van der Waals surface area (Å²) in [5.41, 5.74) is 0. The Labute approximate surface area is 464 Å². The molecule has 0 aromatic heterocycles. The number of unbranched alkanes of at least 4 members (excludes halogenated alkanes) is 39. The molecule has 0 radical (unpaired) electrons. The lowest BCUT2D eigenvalue weighted by Gasteiger charge is -2.25. The van der Waals surface area contributed by atoms with Gasteiger partial charge >= 0.3 is 17.9 Å². The Bertz CT molecular complexity index is 1320. The maximum atomic E-state index is 12.9. The molecule has 9 nitrogen and oxygen atoms in total. The van der Waals surface area contributed by atoms with Gasteiger partial charge in [-0.05, 0) is 51.4 Å². The number of carbonyl (C=O) groups excluding carboxylic acids is 2. The first-order chi connectivity index (χ1) is 36.6. The van der Waals surface area contributed by atoms with E-state index in [1.807, 2.05) is 21.1 Å². The lowest BCUT2D eigenvalue weighted by molar-refractivity contribution is -0.870. The SMILES string of the molecule is CCCCCCC/C=C\C/C=C\C/C=C\CCCCCCCCCCCCCCC(=O)OC(COC(=O)CCCCCCCCCCCCCCCCCCCCCCCCC)COC(OCC[N+](C)(C)C)C(=O)O. The second kappa shape index (κ2) is 57.7. The topological polar surface area (TPSA) is 108 Å². The number of carbonyl (C=O) groups is 3. The largest absolute Gasteiger partial charge is 0.477 e. The van der Waals surface area contributed by atoms with Gasteiger partial charge in [0, 0.05) is 12.8 Å². The van der Waals surface area contributed by atoms with Crippen LogP contribution in [0.5, 0.6) is 0 Å². The van der Waals surface area contributed by atoms with E-state index in [4.69, 9.17) is 18.9 Å². The Morgan fingerprint density at radius 3 is 1.07 bits per heavy atom. The van der Waals surface area contributed by atoms with Crippen LogP contribution in [0.4, 0.5) is 0 Å². The van der Waals surface area contributed by atoms with Crippen molar-refractivity contribution in [2.75, 3.05) is 47.5 Å². The molecule has 0 aromatic carbocycles. The minimum absolute atomic E-state index is 0.178. The molecule has 2 atom stereocenters. The number of carboxylic acid groups (broad SMARTS) is 1. The standard InChI is InChI=1S/C66H123NO8/c1-6-8-10-12-14-16-18-20-22-24-26-28-30-31-32-33-35-37-39-41-43-45-47-49-51-53-55-57-64(69)75-62(61-74-66(65(70)71)72-59-58-67(3,4)5)60-73-63(68)56-54-52-50-48-46-44-42-40-38-36-34-29-27-25-23-21-19-17-15-13-11-9-7-2/h18,20,24,26,30-31,62,66H,6-17,19,21-23,25,27-29,32-61H2,1-5H3/p+1/b20-18-,26-24-,31-30-. The number of likely N-dealkylation sites (N-methyl/N-ethyl adjacent to an activating group) is 1. The van der Waals surface area contributed by atoms with Crippen LogP contribution in [0, 0.1) is 0 Å². The van der Waals surface area contributed by atoms with Gasteiger partial charge in [-0.1, -0.05) is 281 Å². The second-order valence-corrected chi connectivity index (χ2v) is 23.1. The van der Waals surface area contributed by atoms with Crippen molar-refractivity contribution >= 4 is 17.9 Å². The van der Waals surface area contributed by atoms with Gasteiger partial charge in [0.25, 0.3) is 6.29 Å². The van der Waals surface area contributed by atoms with E-state index in [-0.39, 0.29) is 32.2 Å². The fraction of sp³-hybridized carbons (Fsp3) is 0.864. The van der Waals surface area contributed by atoms with Crippen molar-refractivity contribution in [3.63, 3.8) is 0 Å². The summed E-state index contributed by atoms with van der Waals surface area (Å²) in [4.78, 5) is 37.5. The van der Waals surface area contributed by atoms with Gasteiger partial charge in [-0.15, -0.1) is 0 Å². The molecule has 0 saturated carbocycles. The highest BCUT2D eigenvalue weighted by molar-refractivity contribution is 5.71. The maximum Gasteiger partial charge on any atom is 0.361 e. The molecule has 0 aliphatic carbocycles. The van der Waals surface area contributed by atoms with E-state index in [0.29, 0.717) is 17.4 Å². The highest BCUT2D eigenvalue weighted by Gasteiger charge is 2.25. The van der Waals surface area contributed by atoms with Crippen molar-refractivity contribution < 1.29 is 42.9 Å². The molecule has 9 heteroatoms. The third-order valence-corrected chi connectivity index (χ3v) is 14.4. The fourth-order valence-corrected chi connectivity index (χ4v) is 9.44. The Morgan fingerprint density at radius 2 is 0.720 bits per heavy atom. The first-order valence-corrected chi connectivity index (χ1v) is 32.2. The molecular formula is C66H124NO8+. The Morgan fingerprint density at radius 1 is 0.400 bits per heavy atom. The third kappa shape index (κ3) is 59.0. The van der Waals surface area contributed by atoms with Gasteiger partial charge < -0.3 is 28.5 Å². The summed E-state index contributed by atoms with van der Waals surface area (Å²) >= 11 is 0. The molecule has 0 amide bonds. The normalized spacial score (nSPS) is 12.9. The number of ether oxygens (including phenoxy) is 4. The summed E-state index contributed by atoms with van der Waals surface area (Å²) < 4.78 is 23.0. The van der Waals surface area contributed by atoms with Crippen LogP contribution in [-0.2, 0) is 33.3 Å². The van der Waals surface area contributed by atoms with Crippen LogP contribution in [0.3, 0.4) is 0 Å². The van der Waals surface area contributed by atoms with Crippen LogP contribution in [-0.4, -0.2) is 87.4 Å². The fourth-order valence-electron chi connectivity index (χ4n) is 9.44. The van der Waals surface area contributed by atoms with Gasteiger partial charge in [-0.25, -0.2) is 4.79 Å². The summed E-state index contributed by atoms with van der Waals surface area (Å²) in [6.45, 7) is 4.92. The van der Waals surface area contributed by atoms with E-state index >= 15 is 0 Å². The number of carboxylic acids is 1. The van der Waals surface area contributed by atoms with Crippen LogP contribution in [0.25, 0.3) is 0 Å². The highest BCUT2D eigenvalue weighted by atomic mass is 16.7. The molecule has 0 aromatic rings. The monoisotopic (exact) mass is 1060 g/mol. The van der Waals surface area contributed by atoms with E-state index in [0.717, 1.165) is 51.4 Å². The van der Waals surface area contributed by atoms with E-state index in [9.17, 15) is 19.5 Å². The lowest BCUT2D eigenvalue weighted by atomic mass is 10.0. The van der Waals surface area contributed by atoms with Crippen LogP contribution in [0.1, 0.15) is 309 Å². The van der Waals surface area contributed by atoms with Gasteiger partial charge in [-0.2, -0.15) is 0 Å². The van der Waals surface area contributed by atoms with Crippen molar-refractivity contribution in [2.45, 2.75) is 322 Å². The molecule has 0 aliphatic rings. The Hall–Kier alpha value is -2.49. The molecule has 1 N–H and O–H groups in total. The van der Waals surface area contributed by atoms with Gasteiger partial charge in [-0.3, -0.25) is 9.59 Å². The van der Waals surface area contributed by atoms with Crippen LogP contribution >= 0.6 is 0 Å². The number of allylic oxidation sites excluding steroid dienone is 6. The van der Waals surface area contributed by atoms with E-state index in [1.165, 1.54) is 231 Å². The minimum Gasteiger partial charge on any atom is -0.477 e. The van der Waals surface area contributed by atoms with Gasteiger partial charge in [0.1, 0.15) is 13.2 Å². The van der Waals surface area contributed by atoms with Crippen molar-refractivity contribution in [3.05, 3.63) is 36.5 Å². The minimum atomic E-state index is -1.51. The molecule has 75 heavy (non-hydrogen) atoms. The lowest BCUT2D eigenvalue weighted by Crippen LogP contribution is -2.40.